The van der Waals surface area contributed by atoms with Gasteiger partial charge in [0.1, 0.15) is 6.10 Å². The second-order valence-corrected chi connectivity index (χ2v) is 4.93. The van der Waals surface area contributed by atoms with Gasteiger partial charge in [-0.05, 0) is 29.9 Å². The van der Waals surface area contributed by atoms with Gasteiger partial charge in [-0.25, -0.2) is 0 Å². The van der Waals surface area contributed by atoms with Crippen molar-refractivity contribution in [2.24, 2.45) is 0 Å². The summed E-state index contributed by atoms with van der Waals surface area (Å²) >= 11 is 1.80. The monoisotopic (exact) mass is 240 g/mol. The van der Waals surface area contributed by atoms with Gasteiger partial charge in [-0.3, -0.25) is 0 Å². The summed E-state index contributed by atoms with van der Waals surface area (Å²) in [6, 6.07) is 8.04. The third-order valence-electron chi connectivity index (χ3n) is 2.20. The van der Waals surface area contributed by atoms with Crippen molar-refractivity contribution < 1.29 is 9.84 Å². The Bertz CT molecular complexity index is 284. The molecule has 1 atom stereocenters. The molecular formula is C13H20O2S. The zero-order chi connectivity index (χ0) is 11.8. The van der Waals surface area contributed by atoms with Crippen LogP contribution in [0.15, 0.2) is 29.2 Å². The highest BCUT2D eigenvalue weighted by atomic mass is 32.2. The Labute approximate surface area is 102 Å². The number of aliphatic hydroxyl groups is 1. The molecule has 0 saturated carbocycles. The van der Waals surface area contributed by atoms with Crippen molar-refractivity contribution in [2.75, 3.05) is 19.0 Å². The van der Waals surface area contributed by atoms with E-state index in [1.165, 1.54) is 4.90 Å². The van der Waals surface area contributed by atoms with E-state index < -0.39 is 6.10 Å². The van der Waals surface area contributed by atoms with Crippen molar-refractivity contribution in [2.45, 2.75) is 31.3 Å². The topological polar surface area (TPSA) is 29.5 Å². The van der Waals surface area contributed by atoms with E-state index in [1.807, 2.05) is 24.3 Å². The fourth-order valence-corrected chi connectivity index (χ4v) is 2.05. The van der Waals surface area contributed by atoms with E-state index in [0.29, 0.717) is 13.2 Å². The predicted octanol–water partition coefficient (Wildman–Crippen LogP) is 3.26. The molecule has 1 rings (SSSR count). The van der Waals surface area contributed by atoms with Crippen LogP contribution in [0.2, 0.25) is 0 Å². The molecule has 0 radical (unpaired) electrons. The number of benzene rings is 1. The van der Waals surface area contributed by atoms with Crippen LogP contribution in [0.1, 0.15) is 31.9 Å². The van der Waals surface area contributed by atoms with Crippen LogP contribution in [-0.2, 0) is 4.74 Å². The van der Waals surface area contributed by atoms with E-state index in [0.717, 1.165) is 17.7 Å². The van der Waals surface area contributed by atoms with E-state index in [9.17, 15) is 5.11 Å². The van der Waals surface area contributed by atoms with Gasteiger partial charge < -0.3 is 9.84 Å². The van der Waals surface area contributed by atoms with Crippen molar-refractivity contribution in [1.29, 1.82) is 0 Å². The normalized spacial score (nSPS) is 12.7. The van der Waals surface area contributed by atoms with Gasteiger partial charge in [0, 0.05) is 11.5 Å². The fourth-order valence-electron chi connectivity index (χ4n) is 1.39. The van der Waals surface area contributed by atoms with Gasteiger partial charge >= 0.3 is 0 Å². The van der Waals surface area contributed by atoms with Gasteiger partial charge in [0.2, 0.25) is 0 Å². The third kappa shape index (κ3) is 4.56. The van der Waals surface area contributed by atoms with E-state index >= 15 is 0 Å². The number of hydrogen-bond donors (Lipinski definition) is 1. The molecule has 0 bridgehead atoms. The van der Waals surface area contributed by atoms with Crippen molar-refractivity contribution in [3.8, 4) is 0 Å². The third-order valence-corrected chi connectivity index (χ3v) is 3.09. The molecule has 0 spiro atoms. The minimum absolute atomic E-state index is 0.383. The van der Waals surface area contributed by atoms with Crippen molar-refractivity contribution in [1.82, 2.24) is 0 Å². The van der Waals surface area contributed by atoms with Gasteiger partial charge in [0.25, 0.3) is 0 Å². The average molecular weight is 240 g/mol. The summed E-state index contributed by atoms with van der Waals surface area (Å²) < 4.78 is 5.32. The largest absolute Gasteiger partial charge is 0.386 e. The Hall–Kier alpha value is -0.510. The molecule has 1 aromatic rings. The molecular weight excluding hydrogens is 220 g/mol. The first kappa shape index (κ1) is 13.6. The molecule has 0 aliphatic rings. The smallest absolute Gasteiger partial charge is 0.102 e. The number of ether oxygens (including phenoxy) is 1. The molecule has 3 heteroatoms. The molecule has 0 aliphatic carbocycles. The minimum Gasteiger partial charge on any atom is -0.386 e. The van der Waals surface area contributed by atoms with Crippen LogP contribution >= 0.6 is 11.8 Å². The summed E-state index contributed by atoms with van der Waals surface area (Å²) in [5.74, 6) is 1.07. The van der Waals surface area contributed by atoms with Gasteiger partial charge in [0.15, 0.2) is 0 Å². The van der Waals surface area contributed by atoms with Crippen molar-refractivity contribution in [3.05, 3.63) is 29.8 Å². The van der Waals surface area contributed by atoms with Gasteiger partial charge in [-0.15, -0.1) is 11.8 Å². The van der Waals surface area contributed by atoms with Gasteiger partial charge in [-0.2, -0.15) is 0 Å². The Morgan fingerprint density at radius 2 is 1.94 bits per heavy atom. The SMILES string of the molecule is CCCOCC(O)c1ccc(SCC)cc1. The molecule has 16 heavy (non-hydrogen) atoms. The molecule has 0 saturated heterocycles. The second-order valence-electron chi connectivity index (χ2n) is 3.59. The molecule has 1 aromatic carbocycles. The zero-order valence-electron chi connectivity index (χ0n) is 9.98. The number of rotatable bonds is 7. The summed E-state index contributed by atoms with van der Waals surface area (Å²) in [6.07, 6.45) is 0.478. The molecule has 0 aliphatic heterocycles. The Morgan fingerprint density at radius 3 is 2.50 bits per heavy atom. The Morgan fingerprint density at radius 1 is 1.25 bits per heavy atom. The summed E-state index contributed by atoms with van der Waals surface area (Å²) in [4.78, 5) is 1.24. The van der Waals surface area contributed by atoms with Crippen LogP contribution in [0.3, 0.4) is 0 Å². The molecule has 2 nitrogen and oxygen atoms in total. The van der Waals surface area contributed by atoms with E-state index in [1.54, 1.807) is 11.8 Å². The summed E-state index contributed by atoms with van der Waals surface area (Å²) in [7, 11) is 0. The number of thioether (sulfide) groups is 1. The van der Waals surface area contributed by atoms with Crippen molar-refractivity contribution >= 4 is 11.8 Å². The van der Waals surface area contributed by atoms with Crippen LogP contribution in [0.5, 0.6) is 0 Å². The van der Waals surface area contributed by atoms with Gasteiger partial charge in [-0.1, -0.05) is 26.0 Å². The molecule has 90 valence electrons. The maximum Gasteiger partial charge on any atom is 0.102 e. The molecule has 1 N–H and O–H groups in total. The molecule has 1 unspecified atom stereocenters. The number of aliphatic hydroxyl groups excluding tert-OH is 1. The van der Waals surface area contributed by atoms with Gasteiger partial charge in [0.05, 0.1) is 6.61 Å². The summed E-state index contributed by atoms with van der Waals surface area (Å²) in [6.45, 7) is 5.28. The maximum atomic E-state index is 9.84. The molecule has 0 fully saturated rings. The second kappa shape index (κ2) is 7.71. The fraction of sp³-hybridized carbons (Fsp3) is 0.538. The van der Waals surface area contributed by atoms with E-state index in [2.05, 4.69) is 13.8 Å². The summed E-state index contributed by atoms with van der Waals surface area (Å²) in [5, 5.41) is 9.84. The molecule has 0 heterocycles. The highest BCUT2D eigenvalue weighted by molar-refractivity contribution is 7.99. The first-order chi connectivity index (χ1) is 7.77. The molecule has 0 amide bonds. The van der Waals surface area contributed by atoms with Crippen molar-refractivity contribution in [3.63, 3.8) is 0 Å². The lowest BCUT2D eigenvalue weighted by Crippen LogP contribution is -2.07. The maximum absolute atomic E-state index is 9.84. The van der Waals surface area contributed by atoms with E-state index in [-0.39, 0.29) is 0 Å². The van der Waals surface area contributed by atoms with Crippen LogP contribution < -0.4 is 0 Å². The Kier molecular flexibility index (Phi) is 6.53. The lowest BCUT2D eigenvalue weighted by Gasteiger charge is -2.11. The van der Waals surface area contributed by atoms with Crippen LogP contribution in [0, 0.1) is 0 Å². The summed E-state index contributed by atoms with van der Waals surface area (Å²) in [5.41, 5.74) is 0.927. The Balaban J connectivity index is 2.46. The first-order valence-electron chi connectivity index (χ1n) is 5.76. The molecule has 0 aromatic heterocycles. The van der Waals surface area contributed by atoms with E-state index in [4.69, 9.17) is 4.74 Å². The zero-order valence-corrected chi connectivity index (χ0v) is 10.8. The van der Waals surface area contributed by atoms with Crippen LogP contribution in [-0.4, -0.2) is 24.1 Å². The highest BCUT2D eigenvalue weighted by Crippen LogP contribution is 2.20. The average Bonchev–Trinajstić information content (AvgIpc) is 2.30. The lowest BCUT2D eigenvalue weighted by atomic mass is 10.1. The van der Waals surface area contributed by atoms with Crippen LogP contribution in [0.25, 0.3) is 0 Å². The minimum atomic E-state index is -0.507. The number of hydrogen-bond acceptors (Lipinski definition) is 3. The quantitative estimate of drug-likeness (QED) is 0.586. The standard InChI is InChI=1S/C13H20O2S/c1-3-9-15-10-13(14)11-5-7-12(8-6-11)16-4-2/h5-8,13-14H,3-4,9-10H2,1-2H3. The first-order valence-corrected chi connectivity index (χ1v) is 6.75. The lowest BCUT2D eigenvalue weighted by molar-refractivity contribution is 0.0363. The van der Waals surface area contributed by atoms with Crippen LogP contribution in [0.4, 0.5) is 0 Å². The predicted molar refractivity (Wildman–Crippen MR) is 68.9 cm³/mol. The highest BCUT2D eigenvalue weighted by Gasteiger charge is 2.06.